The van der Waals surface area contributed by atoms with Gasteiger partial charge >= 0.3 is 0 Å². The molecule has 3 rings (SSSR count). The van der Waals surface area contributed by atoms with Crippen LogP contribution in [0.3, 0.4) is 0 Å². The summed E-state index contributed by atoms with van der Waals surface area (Å²) in [5.74, 6) is 1.93. The first-order chi connectivity index (χ1) is 13.1. The molecule has 0 bridgehead atoms. The number of aliphatic hydroxyl groups is 1. The Morgan fingerprint density at radius 1 is 1.07 bits per heavy atom. The van der Waals surface area contributed by atoms with Crippen molar-refractivity contribution in [1.82, 2.24) is 0 Å². The number of methoxy groups -OCH3 is 2. The molecule has 0 radical (unpaired) electrons. The summed E-state index contributed by atoms with van der Waals surface area (Å²) in [6, 6.07) is 15.9. The van der Waals surface area contributed by atoms with Gasteiger partial charge in [-0.2, -0.15) is 0 Å². The van der Waals surface area contributed by atoms with Crippen molar-refractivity contribution < 1.29 is 23.8 Å². The lowest BCUT2D eigenvalue weighted by Gasteiger charge is -2.09. The van der Waals surface area contributed by atoms with Gasteiger partial charge in [0.1, 0.15) is 17.3 Å². The van der Waals surface area contributed by atoms with Crippen molar-refractivity contribution in [3.63, 3.8) is 0 Å². The molecule has 0 atom stereocenters. The van der Waals surface area contributed by atoms with Gasteiger partial charge in [-0.1, -0.05) is 12.1 Å². The highest BCUT2D eigenvalue weighted by atomic mass is 16.5. The van der Waals surface area contributed by atoms with Crippen LogP contribution in [0.2, 0.25) is 0 Å². The highest BCUT2D eigenvalue weighted by Crippen LogP contribution is 2.27. The lowest BCUT2D eigenvalue weighted by Crippen LogP contribution is -2.11. The number of ether oxygens (including phenoxy) is 2. The maximum atomic E-state index is 12.4. The fourth-order valence-corrected chi connectivity index (χ4v) is 2.74. The number of aliphatic hydroxyl groups excluding tert-OH is 1. The van der Waals surface area contributed by atoms with Gasteiger partial charge in [-0.05, 0) is 48.0 Å². The normalized spacial score (nSPS) is 10.5. The van der Waals surface area contributed by atoms with Crippen LogP contribution >= 0.6 is 0 Å². The van der Waals surface area contributed by atoms with Crippen LogP contribution in [0, 0.1) is 0 Å². The third-order valence-corrected chi connectivity index (χ3v) is 4.11. The quantitative estimate of drug-likeness (QED) is 0.666. The average Bonchev–Trinajstić information content (AvgIpc) is 3.16. The Hall–Kier alpha value is -3.25. The van der Waals surface area contributed by atoms with Gasteiger partial charge in [0.05, 0.1) is 20.8 Å². The summed E-state index contributed by atoms with van der Waals surface area (Å²) >= 11 is 0. The molecule has 0 aliphatic carbocycles. The summed E-state index contributed by atoms with van der Waals surface area (Å²) < 4.78 is 16.3. The smallest absolute Gasteiger partial charge is 0.291 e. The number of amides is 1. The first kappa shape index (κ1) is 18.5. The van der Waals surface area contributed by atoms with Gasteiger partial charge in [-0.25, -0.2) is 0 Å². The Balaban J connectivity index is 1.73. The van der Waals surface area contributed by atoms with E-state index in [2.05, 4.69) is 5.32 Å². The van der Waals surface area contributed by atoms with Crippen LogP contribution in [0.1, 0.15) is 27.4 Å². The molecule has 0 saturated carbocycles. The maximum Gasteiger partial charge on any atom is 0.291 e. The average molecular weight is 367 g/mol. The summed E-state index contributed by atoms with van der Waals surface area (Å²) in [6.45, 7) is -0.0863. The Kier molecular flexibility index (Phi) is 5.78. The van der Waals surface area contributed by atoms with E-state index in [1.807, 2.05) is 18.2 Å². The molecule has 1 amide bonds. The first-order valence-electron chi connectivity index (χ1n) is 8.43. The zero-order valence-corrected chi connectivity index (χ0v) is 15.2. The largest absolute Gasteiger partial charge is 0.497 e. The topological polar surface area (TPSA) is 80.9 Å². The molecule has 0 aliphatic rings. The van der Waals surface area contributed by atoms with Gasteiger partial charge in [0.25, 0.3) is 5.91 Å². The second kappa shape index (κ2) is 8.42. The van der Waals surface area contributed by atoms with E-state index in [9.17, 15) is 9.90 Å². The van der Waals surface area contributed by atoms with Crippen molar-refractivity contribution in [2.75, 3.05) is 19.5 Å². The molecule has 2 aromatic carbocycles. The minimum Gasteiger partial charge on any atom is -0.497 e. The van der Waals surface area contributed by atoms with Crippen LogP contribution < -0.4 is 14.8 Å². The van der Waals surface area contributed by atoms with Crippen LogP contribution in [0.4, 0.5) is 5.69 Å². The van der Waals surface area contributed by atoms with E-state index < -0.39 is 0 Å². The van der Waals surface area contributed by atoms with Gasteiger partial charge in [0, 0.05) is 17.7 Å². The van der Waals surface area contributed by atoms with Crippen LogP contribution in [0.25, 0.3) is 0 Å². The highest BCUT2D eigenvalue weighted by molar-refractivity contribution is 6.02. The van der Waals surface area contributed by atoms with Gasteiger partial charge in [-0.15, -0.1) is 0 Å². The van der Waals surface area contributed by atoms with E-state index in [4.69, 9.17) is 13.9 Å². The SMILES string of the molecule is COc1ccc(OC)c(Cc2ccc(C(=O)Nc3cccc(CO)c3)o2)c1. The first-order valence-corrected chi connectivity index (χ1v) is 8.43. The molecule has 2 N–H and O–H groups in total. The Bertz CT molecular complexity index is 932. The van der Waals surface area contributed by atoms with E-state index in [0.29, 0.717) is 17.9 Å². The molecule has 0 fully saturated rings. The lowest BCUT2D eigenvalue weighted by atomic mass is 10.1. The van der Waals surface area contributed by atoms with Crippen LogP contribution in [-0.4, -0.2) is 25.2 Å². The van der Waals surface area contributed by atoms with Gasteiger partial charge in [0.15, 0.2) is 5.76 Å². The minimum atomic E-state index is -0.353. The summed E-state index contributed by atoms with van der Waals surface area (Å²) in [5.41, 5.74) is 2.21. The Morgan fingerprint density at radius 2 is 1.93 bits per heavy atom. The number of hydrogen-bond donors (Lipinski definition) is 2. The van der Waals surface area contributed by atoms with E-state index in [1.54, 1.807) is 50.6 Å². The summed E-state index contributed by atoms with van der Waals surface area (Å²) in [5, 5.41) is 11.9. The van der Waals surface area contributed by atoms with Crippen molar-refractivity contribution in [1.29, 1.82) is 0 Å². The molecule has 3 aromatic rings. The molecule has 6 nitrogen and oxygen atoms in total. The van der Waals surface area contributed by atoms with Crippen molar-refractivity contribution in [2.24, 2.45) is 0 Å². The van der Waals surface area contributed by atoms with E-state index in [-0.39, 0.29) is 18.3 Å². The minimum absolute atomic E-state index is 0.0863. The third-order valence-electron chi connectivity index (χ3n) is 4.11. The zero-order chi connectivity index (χ0) is 19.2. The molecule has 1 heterocycles. The zero-order valence-electron chi connectivity index (χ0n) is 15.2. The number of anilines is 1. The molecule has 0 saturated heterocycles. The van der Waals surface area contributed by atoms with Crippen molar-refractivity contribution >= 4 is 11.6 Å². The number of hydrogen-bond acceptors (Lipinski definition) is 5. The molecule has 6 heteroatoms. The molecule has 140 valence electrons. The predicted molar refractivity (Wildman–Crippen MR) is 101 cm³/mol. The standard InChI is InChI=1S/C21H21NO5/c1-25-17-6-8-19(26-2)15(11-17)12-18-7-9-20(27-18)21(24)22-16-5-3-4-14(10-16)13-23/h3-11,23H,12-13H2,1-2H3,(H,22,24). The number of carbonyl (C=O) groups is 1. The number of carbonyl (C=O) groups excluding carboxylic acids is 1. The molecule has 1 aromatic heterocycles. The highest BCUT2D eigenvalue weighted by Gasteiger charge is 2.14. The molecular formula is C21H21NO5. The predicted octanol–water partition coefficient (Wildman–Crippen LogP) is 3.63. The second-order valence-corrected chi connectivity index (χ2v) is 5.93. The number of furan rings is 1. The third kappa shape index (κ3) is 4.48. The number of nitrogens with one attached hydrogen (secondary N) is 1. The Morgan fingerprint density at radius 3 is 2.67 bits per heavy atom. The molecule has 27 heavy (non-hydrogen) atoms. The van der Waals surface area contributed by atoms with E-state index >= 15 is 0 Å². The lowest BCUT2D eigenvalue weighted by molar-refractivity contribution is 0.0995. The number of rotatable bonds is 7. The van der Waals surface area contributed by atoms with Crippen molar-refractivity contribution in [3.8, 4) is 11.5 Å². The second-order valence-electron chi connectivity index (χ2n) is 5.93. The molecular weight excluding hydrogens is 346 g/mol. The molecule has 0 unspecified atom stereocenters. The number of benzene rings is 2. The van der Waals surface area contributed by atoms with E-state index in [0.717, 1.165) is 22.6 Å². The monoisotopic (exact) mass is 367 g/mol. The van der Waals surface area contributed by atoms with Crippen LogP contribution in [0.15, 0.2) is 59.0 Å². The molecule has 0 aliphatic heterocycles. The maximum absolute atomic E-state index is 12.4. The van der Waals surface area contributed by atoms with Crippen molar-refractivity contribution in [2.45, 2.75) is 13.0 Å². The fourth-order valence-electron chi connectivity index (χ4n) is 2.74. The van der Waals surface area contributed by atoms with Gasteiger partial charge < -0.3 is 24.3 Å². The van der Waals surface area contributed by atoms with E-state index in [1.165, 1.54) is 0 Å². The molecule has 0 spiro atoms. The summed E-state index contributed by atoms with van der Waals surface area (Å²) in [4.78, 5) is 12.4. The van der Waals surface area contributed by atoms with Gasteiger partial charge in [0.2, 0.25) is 0 Å². The van der Waals surface area contributed by atoms with Crippen LogP contribution in [-0.2, 0) is 13.0 Å². The van der Waals surface area contributed by atoms with Crippen molar-refractivity contribution in [3.05, 3.63) is 77.2 Å². The Labute approximate surface area is 157 Å². The fraction of sp³-hybridized carbons (Fsp3) is 0.190. The summed E-state index contributed by atoms with van der Waals surface area (Å²) in [7, 11) is 3.21. The van der Waals surface area contributed by atoms with Gasteiger partial charge in [-0.3, -0.25) is 4.79 Å². The van der Waals surface area contributed by atoms with Crippen LogP contribution in [0.5, 0.6) is 11.5 Å². The summed E-state index contributed by atoms with van der Waals surface area (Å²) in [6.07, 6.45) is 0.466.